The smallest absolute Gasteiger partial charge is 0.345 e. The Morgan fingerprint density at radius 1 is 0.886 bits per heavy atom. The summed E-state index contributed by atoms with van der Waals surface area (Å²) < 4.78 is 10.8. The number of carboxylic acids is 1. The van der Waals surface area contributed by atoms with Crippen LogP contribution in [-0.2, 0) is 4.79 Å². The zero-order valence-corrected chi connectivity index (χ0v) is 20.9. The number of aromatic carboxylic acids is 1. The van der Waals surface area contributed by atoms with E-state index in [-0.39, 0.29) is 33.8 Å². The first kappa shape index (κ1) is 26.7. The van der Waals surface area contributed by atoms with E-state index in [0.717, 1.165) is 25.7 Å². The van der Waals surface area contributed by atoms with Crippen molar-refractivity contribution < 1.29 is 29.0 Å². The summed E-state index contributed by atoms with van der Waals surface area (Å²) in [6, 6.07) is 9.89. The van der Waals surface area contributed by atoms with Crippen molar-refractivity contribution in [1.82, 2.24) is 0 Å². The summed E-state index contributed by atoms with van der Waals surface area (Å²) in [7, 11) is 0. The van der Waals surface area contributed by atoms with Crippen molar-refractivity contribution >= 4 is 29.5 Å². The molecule has 3 rings (SSSR count). The summed E-state index contributed by atoms with van der Waals surface area (Å²) in [6.07, 6.45) is 11.5. The lowest BCUT2D eigenvalue weighted by Crippen LogP contribution is -2.25. The summed E-state index contributed by atoms with van der Waals surface area (Å²) in [5, 5.41) is 9.05. The molecule has 0 heterocycles. The Hall–Kier alpha value is -2.86. The Morgan fingerprint density at radius 2 is 1.54 bits per heavy atom. The third-order valence-electron chi connectivity index (χ3n) is 6.59. The first-order chi connectivity index (χ1) is 16.9. The van der Waals surface area contributed by atoms with Crippen LogP contribution in [0.25, 0.3) is 0 Å². The van der Waals surface area contributed by atoms with Crippen molar-refractivity contribution in [3.8, 4) is 11.5 Å². The van der Waals surface area contributed by atoms with Crippen LogP contribution in [0.15, 0.2) is 42.5 Å². The molecule has 0 saturated heterocycles. The van der Waals surface area contributed by atoms with E-state index in [0.29, 0.717) is 11.7 Å². The molecular weight excluding hydrogens is 468 g/mol. The zero-order chi connectivity index (χ0) is 25.2. The van der Waals surface area contributed by atoms with Gasteiger partial charge < -0.3 is 14.6 Å². The average Bonchev–Trinajstić information content (AvgIpc) is 2.84. The van der Waals surface area contributed by atoms with Gasteiger partial charge in [-0.3, -0.25) is 4.79 Å². The highest BCUT2D eigenvalue weighted by Crippen LogP contribution is 2.33. The maximum Gasteiger partial charge on any atom is 0.345 e. The van der Waals surface area contributed by atoms with Gasteiger partial charge >= 0.3 is 17.9 Å². The molecule has 1 N–H and O–H groups in total. The summed E-state index contributed by atoms with van der Waals surface area (Å²) >= 11 is 6.26. The highest BCUT2D eigenvalue weighted by atomic mass is 35.5. The lowest BCUT2D eigenvalue weighted by atomic mass is 9.80. The van der Waals surface area contributed by atoms with E-state index < -0.39 is 11.9 Å². The minimum absolute atomic E-state index is 0.0879. The lowest BCUT2D eigenvalue weighted by molar-refractivity contribution is -0.140. The molecule has 188 valence electrons. The third kappa shape index (κ3) is 8.10. The molecule has 1 fully saturated rings. The van der Waals surface area contributed by atoms with Crippen LogP contribution < -0.4 is 9.47 Å². The molecule has 1 aliphatic rings. The van der Waals surface area contributed by atoms with Crippen LogP contribution >= 0.6 is 11.6 Å². The molecule has 6 nitrogen and oxygen atoms in total. The molecule has 0 amide bonds. The quantitative estimate of drug-likeness (QED) is 0.197. The first-order valence-electron chi connectivity index (χ1n) is 12.4. The molecule has 0 spiro atoms. The molecule has 2 aromatic rings. The Kier molecular flexibility index (Phi) is 10.2. The lowest BCUT2D eigenvalue weighted by Gasteiger charge is -2.27. The summed E-state index contributed by atoms with van der Waals surface area (Å²) in [6.45, 7) is 2.23. The van der Waals surface area contributed by atoms with Crippen molar-refractivity contribution in [2.75, 3.05) is 0 Å². The van der Waals surface area contributed by atoms with Crippen molar-refractivity contribution in [1.29, 1.82) is 0 Å². The van der Waals surface area contributed by atoms with Crippen LogP contribution in [0.4, 0.5) is 0 Å². The maximum absolute atomic E-state index is 12.7. The van der Waals surface area contributed by atoms with Gasteiger partial charge in [-0.1, -0.05) is 57.0 Å². The minimum atomic E-state index is -1.07. The van der Waals surface area contributed by atoms with Crippen LogP contribution in [0.1, 0.15) is 91.8 Å². The molecular formula is C28H33ClO6. The van der Waals surface area contributed by atoms with Gasteiger partial charge in [-0.2, -0.15) is 0 Å². The number of halogens is 1. The number of ether oxygens (including phenoxy) is 2. The van der Waals surface area contributed by atoms with Crippen molar-refractivity contribution in [3.05, 3.63) is 58.6 Å². The Labute approximate surface area is 211 Å². The molecule has 0 aromatic heterocycles. The monoisotopic (exact) mass is 500 g/mol. The molecule has 1 saturated carbocycles. The van der Waals surface area contributed by atoms with E-state index in [9.17, 15) is 14.4 Å². The normalized spacial score (nSPS) is 17.5. The van der Waals surface area contributed by atoms with Gasteiger partial charge in [-0.15, -0.1) is 0 Å². The van der Waals surface area contributed by atoms with Gasteiger partial charge in [0.2, 0.25) is 0 Å². The number of carbonyl (C=O) groups excluding carboxylic acids is 2. The zero-order valence-electron chi connectivity index (χ0n) is 20.1. The van der Waals surface area contributed by atoms with Gasteiger partial charge in [-0.25, -0.2) is 9.59 Å². The van der Waals surface area contributed by atoms with Gasteiger partial charge in [-0.05, 0) is 68.0 Å². The molecule has 2 aromatic carbocycles. The SMILES string of the molecule is CCCCCCCC1CCC(C(=O)Oc2ccc(C(=O)Oc3ccc(C(=O)O)cc3)c(Cl)c2)CC1. The molecule has 7 heteroatoms. The number of hydrogen-bond donors (Lipinski definition) is 1. The molecule has 0 atom stereocenters. The van der Waals surface area contributed by atoms with E-state index in [1.54, 1.807) is 0 Å². The maximum atomic E-state index is 12.7. The van der Waals surface area contributed by atoms with Gasteiger partial charge in [0.25, 0.3) is 0 Å². The molecule has 0 bridgehead atoms. The number of esters is 2. The van der Waals surface area contributed by atoms with Crippen molar-refractivity contribution in [2.45, 2.75) is 71.1 Å². The van der Waals surface area contributed by atoms with E-state index in [4.69, 9.17) is 26.2 Å². The standard InChI is InChI=1S/C28H33ClO6/c1-2-3-4-5-6-7-19-8-10-21(11-9-19)27(32)35-23-16-17-24(25(29)18-23)28(33)34-22-14-12-20(13-15-22)26(30)31/h12-19,21H,2-11H2,1H3,(H,30,31). The van der Waals surface area contributed by atoms with E-state index in [2.05, 4.69) is 6.92 Å². The molecule has 0 radical (unpaired) electrons. The average molecular weight is 501 g/mol. The summed E-state index contributed by atoms with van der Waals surface area (Å²) in [5.41, 5.74) is 0.207. The first-order valence-corrected chi connectivity index (χ1v) is 12.8. The van der Waals surface area contributed by atoms with Crippen molar-refractivity contribution in [3.63, 3.8) is 0 Å². The van der Waals surface area contributed by atoms with E-state index in [1.807, 2.05) is 0 Å². The van der Waals surface area contributed by atoms with Crippen LogP contribution in [0.5, 0.6) is 11.5 Å². The molecule has 35 heavy (non-hydrogen) atoms. The second-order valence-corrected chi connectivity index (χ2v) is 9.61. The number of carbonyl (C=O) groups is 3. The van der Waals surface area contributed by atoms with Gasteiger partial charge in [0.05, 0.1) is 22.1 Å². The van der Waals surface area contributed by atoms with Gasteiger partial charge in [0.15, 0.2) is 0 Å². The fourth-order valence-electron chi connectivity index (χ4n) is 4.48. The fourth-order valence-corrected chi connectivity index (χ4v) is 4.72. The van der Waals surface area contributed by atoms with Crippen LogP contribution in [0, 0.1) is 11.8 Å². The molecule has 0 aliphatic heterocycles. The minimum Gasteiger partial charge on any atom is -0.478 e. The van der Waals surface area contributed by atoms with Crippen molar-refractivity contribution in [2.24, 2.45) is 11.8 Å². The Balaban J connectivity index is 1.47. The number of unbranched alkanes of at least 4 members (excludes halogenated alkanes) is 4. The van der Waals surface area contributed by atoms with E-state index >= 15 is 0 Å². The van der Waals surface area contributed by atoms with Crippen LogP contribution in [0.3, 0.4) is 0 Å². The van der Waals surface area contributed by atoms with Crippen LogP contribution in [0.2, 0.25) is 5.02 Å². The summed E-state index contributed by atoms with van der Waals surface area (Å²) in [5.74, 6) is -0.921. The predicted octanol–water partition coefficient (Wildman–Crippen LogP) is 7.33. The largest absolute Gasteiger partial charge is 0.478 e. The fraction of sp³-hybridized carbons (Fsp3) is 0.464. The van der Waals surface area contributed by atoms with Crippen LogP contribution in [-0.4, -0.2) is 23.0 Å². The Morgan fingerprint density at radius 3 is 2.17 bits per heavy atom. The molecule has 0 unspecified atom stereocenters. The second kappa shape index (κ2) is 13.3. The number of rotatable bonds is 11. The number of benzene rings is 2. The topological polar surface area (TPSA) is 89.9 Å². The summed E-state index contributed by atoms with van der Waals surface area (Å²) in [4.78, 5) is 36.0. The second-order valence-electron chi connectivity index (χ2n) is 9.20. The number of hydrogen-bond acceptors (Lipinski definition) is 5. The van der Waals surface area contributed by atoms with E-state index in [1.165, 1.54) is 81.0 Å². The third-order valence-corrected chi connectivity index (χ3v) is 6.90. The Bertz CT molecular complexity index is 1010. The number of carboxylic acid groups (broad SMARTS) is 1. The molecule has 1 aliphatic carbocycles. The van der Waals surface area contributed by atoms with Gasteiger partial charge in [0, 0.05) is 6.07 Å². The highest BCUT2D eigenvalue weighted by molar-refractivity contribution is 6.33. The van der Waals surface area contributed by atoms with Gasteiger partial charge in [0.1, 0.15) is 11.5 Å². The predicted molar refractivity (Wildman–Crippen MR) is 134 cm³/mol. The highest BCUT2D eigenvalue weighted by Gasteiger charge is 2.28.